The summed E-state index contributed by atoms with van der Waals surface area (Å²) in [5.41, 5.74) is 0. The number of carbonyl (C=O) groups is 2. The third-order valence-corrected chi connectivity index (χ3v) is 3.40. The highest BCUT2D eigenvalue weighted by molar-refractivity contribution is 5.99. The number of nitrogens with zero attached hydrogens (tertiary/aromatic N) is 2. The Kier molecular flexibility index (Phi) is 3.56. The minimum absolute atomic E-state index is 0.172. The first-order chi connectivity index (χ1) is 7.65. The summed E-state index contributed by atoms with van der Waals surface area (Å²) in [5.74, 6) is -0.343. The van der Waals surface area contributed by atoms with Gasteiger partial charge in [-0.25, -0.2) is 0 Å². The third kappa shape index (κ3) is 2.80. The molecule has 0 radical (unpaired) electrons. The molecular weight excluding hydrogens is 206 g/mol. The summed E-state index contributed by atoms with van der Waals surface area (Å²) < 4.78 is 0. The normalized spacial score (nSPS) is 29.2. The summed E-state index contributed by atoms with van der Waals surface area (Å²) in [7, 11) is 2.12. The molecule has 0 aliphatic carbocycles. The van der Waals surface area contributed by atoms with Gasteiger partial charge < -0.3 is 4.90 Å². The highest BCUT2D eigenvalue weighted by Gasteiger charge is 2.27. The molecule has 1 atom stereocenters. The van der Waals surface area contributed by atoms with Crippen LogP contribution >= 0.6 is 0 Å². The molecule has 1 N–H and O–H groups in total. The van der Waals surface area contributed by atoms with Crippen molar-refractivity contribution in [2.75, 3.05) is 33.2 Å². The molecule has 0 spiro atoms. The number of carbonyl (C=O) groups excluding carboxylic acids is 2. The zero-order valence-electron chi connectivity index (χ0n) is 9.74. The van der Waals surface area contributed by atoms with E-state index in [4.69, 9.17) is 0 Å². The fraction of sp³-hybridized carbons (Fsp3) is 0.818. The van der Waals surface area contributed by atoms with E-state index in [0.29, 0.717) is 19.1 Å². The van der Waals surface area contributed by atoms with Crippen LogP contribution in [0.15, 0.2) is 0 Å². The van der Waals surface area contributed by atoms with E-state index in [-0.39, 0.29) is 11.8 Å². The Labute approximate surface area is 95.8 Å². The van der Waals surface area contributed by atoms with E-state index < -0.39 is 0 Å². The van der Waals surface area contributed by atoms with E-state index in [2.05, 4.69) is 17.3 Å². The van der Waals surface area contributed by atoms with Crippen molar-refractivity contribution in [2.45, 2.75) is 25.3 Å². The van der Waals surface area contributed by atoms with Gasteiger partial charge in [-0.1, -0.05) is 6.42 Å². The van der Waals surface area contributed by atoms with Gasteiger partial charge in [-0.2, -0.15) is 0 Å². The van der Waals surface area contributed by atoms with Crippen molar-refractivity contribution in [3.8, 4) is 0 Å². The summed E-state index contributed by atoms with van der Waals surface area (Å²) in [6.45, 7) is 2.67. The third-order valence-electron chi connectivity index (χ3n) is 3.40. The molecule has 0 aromatic rings. The fourth-order valence-corrected chi connectivity index (χ4v) is 2.50. The Morgan fingerprint density at radius 3 is 2.56 bits per heavy atom. The first kappa shape index (κ1) is 11.5. The molecule has 16 heavy (non-hydrogen) atoms. The molecule has 0 bridgehead atoms. The number of likely N-dealkylation sites (N-methyl/N-ethyl adjacent to an activating group) is 1. The number of piperazine rings is 1. The number of nitrogens with one attached hydrogen (secondary N) is 1. The maximum absolute atomic E-state index is 11.2. The van der Waals surface area contributed by atoms with Crippen molar-refractivity contribution in [1.29, 1.82) is 0 Å². The number of likely N-dealkylation sites (tertiary alicyclic amines) is 1. The Bertz CT molecular complexity index is 277. The van der Waals surface area contributed by atoms with Gasteiger partial charge in [0.1, 0.15) is 0 Å². The largest absolute Gasteiger partial charge is 0.302 e. The van der Waals surface area contributed by atoms with Gasteiger partial charge >= 0.3 is 0 Å². The second kappa shape index (κ2) is 4.93. The standard InChI is InChI=1S/C11H19N3O2/c1-13-5-3-2-4-9(13)6-14-7-10(15)12-11(16)8-14/h9H,2-8H2,1H3,(H,12,15,16). The van der Waals surface area contributed by atoms with Gasteiger partial charge in [-0.15, -0.1) is 0 Å². The molecule has 1 unspecified atom stereocenters. The molecule has 5 nitrogen and oxygen atoms in total. The molecule has 2 saturated heterocycles. The number of hydrogen-bond donors (Lipinski definition) is 1. The summed E-state index contributed by atoms with van der Waals surface area (Å²) in [6.07, 6.45) is 3.68. The summed E-state index contributed by atoms with van der Waals surface area (Å²) >= 11 is 0. The van der Waals surface area contributed by atoms with Crippen LogP contribution in [0.5, 0.6) is 0 Å². The highest BCUT2D eigenvalue weighted by Crippen LogP contribution is 2.16. The average Bonchev–Trinajstić information content (AvgIpc) is 2.20. The van der Waals surface area contributed by atoms with Gasteiger partial charge in [-0.3, -0.25) is 19.8 Å². The molecule has 2 amide bonds. The lowest BCUT2D eigenvalue weighted by atomic mass is 10.0. The molecule has 0 aromatic heterocycles. The molecule has 2 aliphatic rings. The zero-order valence-corrected chi connectivity index (χ0v) is 9.74. The van der Waals surface area contributed by atoms with E-state index >= 15 is 0 Å². The molecule has 2 rings (SSSR count). The van der Waals surface area contributed by atoms with Crippen molar-refractivity contribution in [1.82, 2.24) is 15.1 Å². The van der Waals surface area contributed by atoms with E-state index in [1.807, 2.05) is 4.90 Å². The van der Waals surface area contributed by atoms with E-state index in [9.17, 15) is 9.59 Å². The van der Waals surface area contributed by atoms with Gasteiger partial charge in [-0.05, 0) is 26.4 Å². The SMILES string of the molecule is CN1CCCCC1CN1CC(=O)NC(=O)C1. The number of hydrogen-bond acceptors (Lipinski definition) is 4. The van der Waals surface area contributed by atoms with Crippen LogP contribution < -0.4 is 5.32 Å². The van der Waals surface area contributed by atoms with Crippen LogP contribution in [0.1, 0.15) is 19.3 Å². The first-order valence-corrected chi connectivity index (χ1v) is 5.90. The minimum atomic E-state index is -0.172. The van der Waals surface area contributed by atoms with Crippen LogP contribution in [0.2, 0.25) is 0 Å². The van der Waals surface area contributed by atoms with Crippen molar-refractivity contribution >= 4 is 11.8 Å². The first-order valence-electron chi connectivity index (χ1n) is 5.90. The Morgan fingerprint density at radius 1 is 1.25 bits per heavy atom. The molecular formula is C11H19N3O2. The van der Waals surface area contributed by atoms with Gasteiger partial charge in [0.15, 0.2) is 0 Å². The van der Waals surface area contributed by atoms with Crippen LogP contribution in [0.25, 0.3) is 0 Å². The average molecular weight is 225 g/mol. The number of rotatable bonds is 2. The predicted octanol–water partition coefficient (Wildman–Crippen LogP) is -0.571. The number of piperidine rings is 1. The maximum Gasteiger partial charge on any atom is 0.240 e. The van der Waals surface area contributed by atoms with Crippen molar-refractivity contribution in [3.05, 3.63) is 0 Å². The van der Waals surface area contributed by atoms with Crippen molar-refractivity contribution in [2.24, 2.45) is 0 Å². The molecule has 2 fully saturated rings. The van der Waals surface area contributed by atoms with Gasteiger partial charge in [0.25, 0.3) is 0 Å². The Morgan fingerprint density at radius 2 is 1.94 bits per heavy atom. The molecule has 0 saturated carbocycles. The lowest BCUT2D eigenvalue weighted by molar-refractivity contribution is -0.136. The van der Waals surface area contributed by atoms with E-state index in [1.54, 1.807) is 0 Å². The number of imide groups is 1. The van der Waals surface area contributed by atoms with E-state index in [0.717, 1.165) is 13.1 Å². The highest BCUT2D eigenvalue weighted by atomic mass is 16.2. The Hall–Kier alpha value is -0.940. The van der Waals surface area contributed by atoms with Crippen LogP contribution in [0.3, 0.4) is 0 Å². The molecule has 2 heterocycles. The topological polar surface area (TPSA) is 52.6 Å². The van der Waals surface area contributed by atoms with E-state index in [1.165, 1.54) is 19.3 Å². The summed E-state index contributed by atoms with van der Waals surface area (Å²) in [4.78, 5) is 26.7. The summed E-state index contributed by atoms with van der Waals surface area (Å²) in [6, 6.07) is 0.493. The fourth-order valence-electron chi connectivity index (χ4n) is 2.50. The number of amides is 2. The summed E-state index contributed by atoms with van der Waals surface area (Å²) in [5, 5.41) is 2.32. The second-order valence-corrected chi connectivity index (χ2v) is 4.77. The molecule has 0 aromatic carbocycles. The smallest absolute Gasteiger partial charge is 0.240 e. The van der Waals surface area contributed by atoms with Crippen LogP contribution in [0, 0.1) is 0 Å². The zero-order chi connectivity index (χ0) is 11.5. The molecule has 5 heteroatoms. The lowest BCUT2D eigenvalue weighted by Crippen LogP contribution is -2.55. The van der Waals surface area contributed by atoms with Crippen molar-refractivity contribution in [3.63, 3.8) is 0 Å². The monoisotopic (exact) mass is 225 g/mol. The Balaban J connectivity index is 1.88. The molecule has 90 valence electrons. The van der Waals surface area contributed by atoms with Crippen LogP contribution in [0.4, 0.5) is 0 Å². The maximum atomic E-state index is 11.2. The second-order valence-electron chi connectivity index (χ2n) is 4.77. The van der Waals surface area contributed by atoms with Gasteiger partial charge in [0.2, 0.25) is 11.8 Å². The lowest BCUT2D eigenvalue weighted by Gasteiger charge is -2.36. The predicted molar refractivity (Wildman–Crippen MR) is 59.9 cm³/mol. The van der Waals surface area contributed by atoms with Crippen LogP contribution in [-0.2, 0) is 9.59 Å². The van der Waals surface area contributed by atoms with Crippen molar-refractivity contribution < 1.29 is 9.59 Å². The van der Waals surface area contributed by atoms with Gasteiger partial charge in [0.05, 0.1) is 13.1 Å². The van der Waals surface area contributed by atoms with Gasteiger partial charge in [0, 0.05) is 12.6 Å². The minimum Gasteiger partial charge on any atom is -0.302 e. The molecule has 2 aliphatic heterocycles. The van der Waals surface area contributed by atoms with Crippen LogP contribution in [-0.4, -0.2) is 60.9 Å². The quantitative estimate of drug-likeness (QED) is 0.639.